The Bertz CT molecular complexity index is 575. The number of amides is 1. The molecular formula is C18H23NO2. The van der Waals surface area contributed by atoms with E-state index < -0.39 is 0 Å². The van der Waals surface area contributed by atoms with Crippen LogP contribution in [0, 0.1) is 24.2 Å². The highest BCUT2D eigenvalue weighted by atomic mass is 16.2. The molecule has 0 bridgehead atoms. The van der Waals surface area contributed by atoms with Gasteiger partial charge in [-0.3, -0.25) is 4.79 Å². The van der Waals surface area contributed by atoms with E-state index in [0.29, 0.717) is 0 Å². The maximum Gasteiger partial charge on any atom is 0.230 e. The summed E-state index contributed by atoms with van der Waals surface area (Å²) in [6.07, 6.45) is 5.36. The fourth-order valence-electron chi connectivity index (χ4n) is 2.84. The Morgan fingerprint density at radius 3 is 2.71 bits per heavy atom. The second-order valence-electron chi connectivity index (χ2n) is 6.08. The summed E-state index contributed by atoms with van der Waals surface area (Å²) in [5.41, 5.74) is 2.30. The van der Waals surface area contributed by atoms with E-state index in [1.165, 1.54) is 6.42 Å². The normalized spacial score (nSPS) is 16.7. The van der Waals surface area contributed by atoms with E-state index >= 15 is 0 Å². The van der Waals surface area contributed by atoms with Crippen LogP contribution >= 0.6 is 0 Å². The Morgan fingerprint density at radius 2 is 2.05 bits per heavy atom. The zero-order valence-corrected chi connectivity index (χ0v) is 12.8. The molecular weight excluding hydrogens is 262 g/mol. The highest BCUT2D eigenvalue weighted by Crippen LogP contribution is 2.37. The lowest BCUT2D eigenvalue weighted by atomic mass is 9.75. The number of anilines is 1. The average molecular weight is 285 g/mol. The van der Waals surface area contributed by atoms with Crippen molar-refractivity contribution in [1.82, 2.24) is 0 Å². The van der Waals surface area contributed by atoms with Crippen LogP contribution in [0.1, 0.15) is 50.2 Å². The molecule has 0 aliphatic heterocycles. The van der Waals surface area contributed by atoms with E-state index in [9.17, 15) is 4.79 Å². The zero-order valence-electron chi connectivity index (χ0n) is 12.8. The molecule has 2 N–H and O–H groups in total. The molecule has 21 heavy (non-hydrogen) atoms. The number of carbonyl (C=O) groups is 1. The molecule has 1 saturated carbocycles. The maximum atomic E-state index is 12.6. The van der Waals surface area contributed by atoms with Gasteiger partial charge in [0.2, 0.25) is 5.91 Å². The molecule has 0 saturated heterocycles. The first kappa shape index (κ1) is 15.6. The first-order chi connectivity index (χ1) is 10.0. The van der Waals surface area contributed by atoms with Crippen molar-refractivity contribution in [2.24, 2.45) is 5.41 Å². The van der Waals surface area contributed by atoms with Crippen LogP contribution in [-0.4, -0.2) is 17.6 Å². The van der Waals surface area contributed by atoms with Gasteiger partial charge in [0.15, 0.2) is 0 Å². The SMILES string of the molecule is Cc1ccc(C#CCO)c(NC(=O)C2(C)CCCCC2)c1. The number of aliphatic hydroxyl groups is 1. The van der Waals surface area contributed by atoms with Crippen molar-refractivity contribution in [2.75, 3.05) is 11.9 Å². The number of nitrogens with one attached hydrogen (secondary N) is 1. The van der Waals surface area contributed by atoms with Crippen molar-refractivity contribution >= 4 is 11.6 Å². The van der Waals surface area contributed by atoms with Gasteiger partial charge < -0.3 is 10.4 Å². The summed E-state index contributed by atoms with van der Waals surface area (Å²) in [6, 6.07) is 5.78. The van der Waals surface area contributed by atoms with Crippen molar-refractivity contribution in [3.8, 4) is 11.8 Å². The number of aryl methyl sites for hydroxylation is 1. The van der Waals surface area contributed by atoms with Gasteiger partial charge in [0.05, 0.1) is 5.69 Å². The maximum absolute atomic E-state index is 12.6. The minimum Gasteiger partial charge on any atom is -0.384 e. The molecule has 0 atom stereocenters. The van der Waals surface area contributed by atoms with Crippen molar-refractivity contribution in [2.45, 2.75) is 46.0 Å². The van der Waals surface area contributed by atoms with Gasteiger partial charge in [0, 0.05) is 11.0 Å². The second kappa shape index (κ2) is 6.78. The molecule has 1 aromatic carbocycles. The van der Waals surface area contributed by atoms with Crippen LogP contribution in [0.15, 0.2) is 18.2 Å². The van der Waals surface area contributed by atoms with E-state index in [1.807, 2.05) is 25.1 Å². The van der Waals surface area contributed by atoms with Crippen LogP contribution in [0.25, 0.3) is 0 Å². The lowest BCUT2D eigenvalue weighted by Crippen LogP contribution is -2.35. The smallest absolute Gasteiger partial charge is 0.230 e. The Balaban J connectivity index is 2.21. The third-order valence-corrected chi connectivity index (χ3v) is 4.23. The van der Waals surface area contributed by atoms with Crippen LogP contribution in [0.4, 0.5) is 5.69 Å². The Hall–Kier alpha value is -1.79. The molecule has 0 radical (unpaired) electrons. The molecule has 2 rings (SSSR count). The Kier molecular flexibility index (Phi) is 5.03. The fourth-order valence-corrected chi connectivity index (χ4v) is 2.84. The third-order valence-electron chi connectivity index (χ3n) is 4.23. The summed E-state index contributed by atoms with van der Waals surface area (Å²) in [7, 11) is 0. The van der Waals surface area contributed by atoms with Crippen molar-refractivity contribution in [3.63, 3.8) is 0 Å². The molecule has 112 valence electrons. The highest BCUT2D eigenvalue weighted by Gasteiger charge is 2.34. The molecule has 1 aliphatic carbocycles. The lowest BCUT2D eigenvalue weighted by molar-refractivity contribution is -0.126. The molecule has 3 heteroatoms. The van der Waals surface area contributed by atoms with Crippen LogP contribution in [0.3, 0.4) is 0 Å². The van der Waals surface area contributed by atoms with Gasteiger partial charge in [0.25, 0.3) is 0 Å². The van der Waals surface area contributed by atoms with Crippen LogP contribution < -0.4 is 5.32 Å². The molecule has 0 heterocycles. The summed E-state index contributed by atoms with van der Waals surface area (Å²) < 4.78 is 0. The predicted octanol–water partition coefficient (Wildman–Crippen LogP) is 3.25. The number of hydrogen-bond donors (Lipinski definition) is 2. The standard InChI is InChI=1S/C18H23NO2/c1-14-8-9-15(7-6-12-20)16(13-14)19-17(21)18(2)10-4-3-5-11-18/h8-9,13,20H,3-5,10-12H2,1-2H3,(H,19,21). The molecule has 0 unspecified atom stereocenters. The van der Waals surface area contributed by atoms with Gasteiger partial charge in [-0.1, -0.05) is 44.1 Å². The minimum atomic E-state index is -0.274. The zero-order chi connectivity index (χ0) is 15.3. The Labute approximate surface area is 126 Å². The third kappa shape index (κ3) is 3.86. The summed E-state index contributed by atoms with van der Waals surface area (Å²) in [5.74, 6) is 5.62. The second-order valence-corrected chi connectivity index (χ2v) is 6.08. The first-order valence-corrected chi connectivity index (χ1v) is 7.57. The monoisotopic (exact) mass is 285 g/mol. The molecule has 1 aromatic rings. The van der Waals surface area contributed by atoms with Gasteiger partial charge in [-0.05, 0) is 37.5 Å². The topological polar surface area (TPSA) is 49.3 Å². The minimum absolute atomic E-state index is 0.0832. The number of aliphatic hydroxyl groups excluding tert-OH is 1. The van der Waals surface area contributed by atoms with E-state index in [4.69, 9.17) is 5.11 Å². The summed E-state index contributed by atoms with van der Waals surface area (Å²) in [6.45, 7) is 3.86. The van der Waals surface area contributed by atoms with E-state index in [0.717, 1.165) is 42.5 Å². The summed E-state index contributed by atoms with van der Waals surface area (Å²) in [5, 5.41) is 11.9. The Morgan fingerprint density at radius 1 is 1.33 bits per heavy atom. The molecule has 3 nitrogen and oxygen atoms in total. The van der Waals surface area contributed by atoms with E-state index in [2.05, 4.69) is 24.1 Å². The van der Waals surface area contributed by atoms with Crippen molar-refractivity contribution < 1.29 is 9.90 Å². The van der Waals surface area contributed by atoms with Gasteiger partial charge in [-0.2, -0.15) is 0 Å². The summed E-state index contributed by atoms with van der Waals surface area (Å²) in [4.78, 5) is 12.6. The molecule has 0 spiro atoms. The van der Waals surface area contributed by atoms with Gasteiger partial charge >= 0.3 is 0 Å². The quantitative estimate of drug-likeness (QED) is 0.820. The van der Waals surface area contributed by atoms with Crippen molar-refractivity contribution in [3.05, 3.63) is 29.3 Å². The molecule has 1 fully saturated rings. The predicted molar refractivity (Wildman–Crippen MR) is 85.0 cm³/mol. The van der Waals surface area contributed by atoms with Gasteiger partial charge in [0.1, 0.15) is 6.61 Å². The van der Waals surface area contributed by atoms with Gasteiger partial charge in [-0.25, -0.2) is 0 Å². The molecule has 1 amide bonds. The first-order valence-electron chi connectivity index (χ1n) is 7.57. The van der Waals surface area contributed by atoms with Crippen LogP contribution in [0.2, 0.25) is 0 Å². The largest absolute Gasteiger partial charge is 0.384 e. The highest BCUT2D eigenvalue weighted by molar-refractivity contribution is 5.96. The van der Waals surface area contributed by atoms with Gasteiger partial charge in [-0.15, -0.1) is 0 Å². The fraction of sp³-hybridized carbons (Fsp3) is 0.500. The molecule has 0 aromatic heterocycles. The summed E-state index contributed by atoms with van der Waals surface area (Å²) >= 11 is 0. The molecule has 1 aliphatic rings. The number of carbonyl (C=O) groups excluding carboxylic acids is 1. The number of rotatable bonds is 2. The van der Waals surface area contributed by atoms with Crippen LogP contribution in [-0.2, 0) is 4.79 Å². The lowest BCUT2D eigenvalue weighted by Gasteiger charge is -2.32. The van der Waals surface area contributed by atoms with Crippen LogP contribution in [0.5, 0.6) is 0 Å². The number of benzene rings is 1. The van der Waals surface area contributed by atoms with E-state index in [-0.39, 0.29) is 17.9 Å². The average Bonchev–Trinajstić information content (AvgIpc) is 2.47. The van der Waals surface area contributed by atoms with E-state index in [1.54, 1.807) is 0 Å². The number of hydrogen-bond acceptors (Lipinski definition) is 2. The van der Waals surface area contributed by atoms with Crippen molar-refractivity contribution in [1.29, 1.82) is 0 Å².